The lowest BCUT2D eigenvalue weighted by molar-refractivity contribution is 0.0668. The fourth-order valence-electron chi connectivity index (χ4n) is 1.88. The Kier molecular flexibility index (Phi) is 4.42. The van der Waals surface area contributed by atoms with Gasteiger partial charge < -0.3 is 15.6 Å². The smallest absolute Gasteiger partial charge is 0.119 e. The minimum Gasteiger partial charge on any atom is -0.489 e. The second-order valence-electron chi connectivity index (χ2n) is 5.28. The SMILES string of the molecule is Cc1ccc(COc2ccc(C(C)(O)CN)cc2)cc1. The van der Waals surface area contributed by atoms with Gasteiger partial charge in [-0.1, -0.05) is 42.0 Å². The first-order valence-corrected chi connectivity index (χ1v) is 6.72. The maximum atomic E-state index is 10.1. The zero-order valence-electron chi connectivity index (χ0n) is 12.0. The predicted molar refractivity (Wildman–Crippen MR) is 80.6 cm³/mol. The standard InChI is InChI=1S/C17H21NO2/c1-13-3-5-14(6-4-13)11-20-16-9-7-15(8-10-16)17(2,19)12-18/h3-10,19H,11-12,18H2,1-2H3. The molecular weight excluding hydrogens is 250 g/mol. The summed E-state index contributed by atoms with van der Waals surface area (Å²) in [6.07, 6.45) is 0. The molecule has 2 rings (SSSR count). The first-order chi connectivity index (χ1) is 9.51. The van der Waals surface area contributed by atoms with Gasteiger partial charge in [-0.25, -0.2) is 0 Å². The highest BCUT2D eigenvalue weighted by atomic mass is 16.5. The molecule has 0 radical (unpaired) electrons. The van der Waals surface area contributed by atoms with Gasteiger partial charge in [-0.15, -0.1) is 0 Å². The van der Waals surface area contributed by atoms with Crippen LogP contribution in [0.2, 0.25) is 0 Å². The van der Waals surface area contributed by atoms with Crippen LogP contribution in [-0.4, -0.2) is 11.7 Å². The van der Waals surface area contributed by atoms with E-state index in [4.69, 9.17) is 10.5 Å². The van der Waals surface area contributed by atoms with Crippen molar-refractivity contribution in [3.63, 3.8) is 0 Å². The van der Waals surface area contributed by atoms with Gasteiger partial charge in [0.15, 0.2) is 0 Å². The summed E-state index contributed by atoms with van der Waals surface area (Å²) in [7, 11) is 0. The molecular formula is C17H21NO2. The largest absolute Gasteiger partial charge is 0.489 e. The number of ether oxygens (including phenoxy) is 1. The topological polar surface area (TPSA) is 55.5 Å². The normalized spacial score (nSPS) is 13.8. The van der Waals surface area contributed by atoms with Crippen molar-refractivity contribution in [2.45, 2.75) is 26.1 Å². The van der Waals surface area contributed by atoms with Crippen LogP contribution in [0.3, 0.4) is 0 Å². The fraction of sp³-hybridized carbons (Fsp3) is 0.294. The Hall–Kier alpha value is -1.84. The second kappa shape index (κ2) is 6.07. The minimum atomic E-state index is -0.991. The Morgan fingerprint density at radius 3 is 2.20 bits per heavy atom. The molecule has 1 atom stereocenters. The van der Waals surface area contributed by atoms with Gasteiger partial charge in [0, 0.05) is 6.54 Å². The molecule has 106 valence electrons. The molecule has 20 heavy (non-hydrogen) atoms. The van der Waals surface area contributed by atoms with Crippen LogP contribution in [0, 0.1) is 6.92 Å². The average Bonchev–Trinajstić information content (AvgIpc) is 2.47. The molecule has 1 unspecified atom stereocenters. The van der Waals surface area contributed by atoms with Gasteiger partial charge in [-0.05, 0) is 37.1 Å². The van der Waals surface area contributed by atoms with Crippen LogP contribution in [0.4, 0.5) is 0 Å². The van der Waals surface area contributed by atoms with E-state index in [-0.39, 0.29) is 6.54 Å². The lowest BCUT2D eigenvalue weighted by atomic mass is 9.96. The molecule has 0 aliphatic heterocycles. The first-order valence-electron chi connectivity index (χ1n) is 6.72. The van der Waals surface area contributed by atoms with E-state index in [0.29, 0.717) is 6.61 Å². The van der Waals surface area contributed by atoms with Crippen molar-refractivity contribution in [1.82, 2.24) is 0 Å². The number of hydrogen-bond acceptors (Lipinski definition) is 3. The Morgan fingerprint density at radius 2 is 1.65 bits per heavy atom. The zero-order chi connectivity index (χ0) is 14.6. The Morgan fingerprint density at radius 1 is 1.05 bits per heavy atom. The fourth-order valence-corrected chi connectivity index (χ4v) is 1.88. The number of rotatable bonds is 5. The van der Waals surface area contributed by atoms with Crippen molar-refractivity contribution < 1.29 is 9.84 Å². The quantitative estimate of drug-likeness (QED) is 0.879. The van der Waals surface area contributed by atoms with E-state index in [1.165, 1.54) is 5.56 Å². The summed E-state index contributed by atoms with van der Waals surface area (Å²) in [6, 6.07) is 15.7. The van der Waals surface area contributed by atoms with E-state index in [1.807, 2.05) is 24.3 Å². The summed E-state index contributed by atoms with van der Waals surface area (Å²) in [5, 5.41) is 10.1. The Bertz CT molecular complexity index is 544. The van der Waals surface area contributed by atoms with E-state index < -0.39 is 5.60 Å². The van der Waals surface area contributed by atoms with Gasteiger partial charge in [-0.2, -0.15) is 0 Å². The van der Waals surface area contributed by atoms with Crippen molar-refractivity contribution >= 4 is 0 Å². The van der Waals surface area contributed by atoms with Crippen molar-refractivity contribution in [3.8, 4) is 5.75 Å². The number of benzene rings is 2. The van der Waals surface area contributed by atoms with Crippen LogP contribution < -0.4 is 10.5 Å². The molecule has 0 spiro atoms. The molecule has 0 saturated heterocycles. The lowest BCUT2D eigenvalue weighted by Crippen LogP contribution is -2.31. The van der Waals surface area contributed by atoms with Crippen LogP contribution in [0.5, 0.6) is 5.75 Å². The molecule has 0 aliphatic rings. The third-order valence-corrected chi connectivity index (χ3v) is 3.40. The van der Waals surface area contributed by atoms with Gasteiger partial charge in [0.25, 0.3) is 0 Å². The van der Waals surface area contributed by atoms with Gasteiger partial charge >= 0.3 is 0 Å². The Balaban J connectivity index is 1.99. The average molecular weight is 271 g/mol. The van der Waals surface area contributed by atoms with Crippen molar-refractivity contribution in [2.24, 2.45) is 5.73 Å². The highest BCUT2D eigenvalue weighted by molar-refractivity contribution is 5.31. The number of hydrogen-bond donors (Lipinski definition) is 2. The van der Waals surface area contributed by atoms with Crippen molar-refractivity contribution in [3.05, 3.63) is 65.2 Å². The first kappa shape index (κ1) is 14.6. The van der Waals surface area contributed by atoms with Crippen LogP contribution in [0.25, 0.3) is 0 Å². The molecule has 0 aromatic heterocycles. The third kappa shape index (κ3) is 3.59. The Labute approximate surface area is 120 Å². The van der Waals surface area contributed by atoms with E-state index in [2.05, 4.69) is 31.2 Å². The molecule has 0 bridgehead atoms. The summed E-state index contributed by atoms with van der Waals surface area (Å²) in [6.45, 7) is 4.49. The van der Waals surface area contributed by atoms with Crippen molar-refractivity contribution in [2.75, 3.05) is 6.54 Å². The molecule has 0 amide bonds. The molecule has 0 fully saturated rings. The molecule has 3 heteroatoms. The molecule has 3 nitrogen and oxygen atoms in total. The molecule has 2 aromatic rings. The minimum absolute atomic E-state index is 0.191. The van der Waals surface area contributed by atoms with Gasteiger partial charge in [0.05, 0.1) is 5.60 Å². The van der Waals surface area contributed by atoms with E-state index in [9.17, 15) is 5.11 Å². The molecule has 0 saturated carbocycles. The zero-order valence-corrected chi connectivity index (χ0v) is 12.0. The van der Waals surface area contributed by atoms with E-state index in [0.717, 1.165) is 16.9 Å². The highest BCUT2D eigenvalue weighted by Crippen LogP contribution is 2.22. The molecule has 0 heterocycles. The summed E-state index contributed by atoms with van der Waals surface area (Å²) < 4.78 is 5.72. The number of nitrogens with two attached hydrogens (primary N) is 1. The third-order valence-electron chi connectivity index (χ3n) is 3.40. The van der Waals surface area contributed by atoms with Crippen LogP contribution in [0.15, 0.2) is 48.5 Å². The monoisotopic (exact) mass is 271 g/mol. The maximum absolute atomic E-state index is 10.1. The summed E-state index contributed by atoms with van der Waals surface area (Å²) in [5.41, 5.74) is 7.72. The predicted octanol–water partition coefficient (Wildman–Crippen LogP) is 2.74. The molecule has 2 aromatic carbocycles. The second-order valence-corrected chi connectivity index (χ2v) is 5.28. The van der Waals surface area contributed by atoms with Gasteiger partial charge in [0.2, 0.25) is 0 Å². The summed E-state index contributed by atoms with van der Waals surface area (Å²) in [5.74, 6) is 0.780. The van der Waals surface area contributed by atoms with Gasteiger partial charge in [0.1, 0.15) is 12.4 Å². The number of aryl methyl sites for hydroxylation is 1. The molecule has 0 aliphatic carbocycles. The van der Waals surface area contributed by atoms with E-state index in [1.54, 1.807) is 6.92 Å². The van der Waals surface area contributed by atoms with E-state index >= 15 is 0 Å². The van der Waals surface area contributed by atoms with Crippen molar-refractivity contribution in [1.29, 1.82) is 0 Å². The highest BCUT2D eigenvalue weighted by Gasteiger charge is 2.20. The molecule has 3 N–H and O–H groups in total. The maximum Gasteiger partial charge on any atom is 0.119 e. The van der Waals surface area contributed by atoms with Crippen LogP contribution in [0.1, 0.15) is 23.6 Å². The van der Waals surface area contributed by atoms with Gasteiger partial charge in [-0.3, -0.25) is 0 Å². The van der Waals surface area contributed by atoms with Crippen LogP contribution >= 0.6 is 0 Å². The lowest BCUT2D eigenvalue weighted by Gasteiger charge is -2.21. The summed E-state index contributed by atoms with van der Waals surface area (Å²) >= 11 is 0. The van der Waals surface area contributed by atoms with Crippen LogP contribution in [-0.2, 0) is 12.2 Å². The summed E-state index contributed by atoms with van der Waals surface area (Å²) in [4.78, 5) is 0. The number of aliphatic hydroxyl groups is 1.